The number of allylic oxidation sites excluding steroid dienone is 1. The van der Waals surface area contributed by atoms with Crippen molar-refractivity contribution in [3.8, 4) is 0 Å². The van der Waals surface area contributed by atoms with E-state index in [0.717, 1.165) is 5.70 Å². The van der Waals surface area contributed by atoms with Crippen LogP contribution in [0.1, 0.15) is 20.8 Å². The fourth-order valence-electron chi connectivity index (χ4n) is 0.632. The molecule has 1 aliphatic rings. The van der Waals surface area contributed by atoms with Gasteiger partial charge in [0, 0.05) is 11.1 Å². The maximum Gasteiger partial charge on any atom is 0.122 e. The van der Waals surface area contributed by atoms with Crippen molar-refractivity contribution < 1.29 is 4.21 Å². The Kier molecular flexibility index (Phi) is 1.72. The Bertz CT molecular complexity index is 243. The molecule has 4 heteroatoms. The number of thiol groups is 1. The van der Waals surface area contributed by atoms with Crippen LogP contribution in [0.3, 0.4) is 0 Å². The summed E-state index contributed by atoms with van der Waals surface area (Å²) in [5.41, 5.74) is 0.985. The largest absolute Gasteiger partial charge is 0.303 e. The van der Waals surface area contributed by atoms with Crippen molar-refractivity contribution in [1.82, 2.24) is 4.72 Å². The molecule has 1 rings (SSSR count). The van der Waals surface area contributed by atoms with Crippen LogP contribution >= 0.6 is 0 Å². The topological polar surface area (TPSA) is 41.5 Å². The summed E-state index contributed by atoms with van der Waals surface area (Å²) in [6, 6.07) is 0. The molecule has 0 radical (unpaired) electrons. The van der Waals surface area contributed by atoms with Gasteiger partial charge in [0.05, 0.1) is 6.20 Å². The molecule has 0 aromatic carbocycles. The first kappa shape index (κ1) is 7.60. The zero-order valence-corrected chi connectivity index (χ0v) is 7.27. The first-order valence-corrected chi connectivity index (χ1v) is 4.37. The van der Waals surface area contributed by atoms with Crippen LogP contribution in [-0.4, -0.2) is 4.21 Å². The molecule has 1 heterocycles. The van der Waals surface area contributed by atoms with E-state index in [1.165, 1.54) is 0 Å². The molecule has 0 aromatic rings. The van der Waals surface area contributed by atoms with E-state index in [1.54, 1.807) is 6.20 Å². The summed E-state index contributed by atoms with van der Waals surface area (Å²) in [7, 11) is -1.54. The van der Waals surface area contributed by atoms with E-state index >= 15 is 0 Å². The lowest BCUT2D eigenvalue weighted by molar-refractivity contribution is 0.488. The third kappa shape index (κ3) is 1.50. The zero-order valence-electron chi connectivity index (χ0n) is 6.38. The van der Waals surface area contributed by atoms with Crippen molar-refractivity contribution >= 4 is 10.8 Å². The summed E-state index contributed by atoms with van der Waals surface area (Å²) < 4.78 is 17.2. The van der Waals surface area contributed by atoms with Crippen LogP contribution in [0.2, 0.25) is 0 Å². The maximum absolute atomic E-state index is 10.7. The lowest BCUT2D eigenvalue weighted by Crippen LogP contribution is -2.19. The number of nitrogens with one attached hydrogen (secondary N) is 1. The van der Waals surface area contributed by atoms with Gasteiger partial charge in [0.1, 0.15) is 10.8 Å². The van der Waals surface area contributed by atoms with Crippen LogP contribution in [0, 0.1) is 5.41 Å². The van der Waals surface area contributed by atoms with Crippen molar-refractivity contribution in [2.75, 3.05) is 0 Å². The lowest BCUT2D eigenvalue weighted by Gasteiger charge is -2.18. The summed E-state index contributed by atoms with van der Waals surface area (Å²) in [6.07, 6.45) is 1.65. The minimum atomic E-state index is -1.54. The van der Waals surface area contributed by atoms with Crippen molar-refractivity contribution in [2.45, 2.75) is 20.8 Å². The Balaban J connectivity index is 2.76. The molecule has 1 N–H and O–H groups in total. The van der Waals surface area contributed by atoms with Crippen molar-refractivity contribution in [3.63, 3.8) is 0 Å². The third-order valence-electron chi connectivity index (χ3n) is 1.32. The second-order valence-electron chi connectivity index (χ2n) is 3.29. The van der Waals surface area contributed by atoms with Crippen molar-refractivity contribution in [1.29, 1.82) is 0 Å². The third-order valence-corrected chi connectivity index (χ3v) is 2.07. The number of nitrogens with zero attached hydrogens (tertiary/aromatic N) is 1. The molecule has 0 amide bonds. The van der Waals surface area contributed by atoms with E-state index in [2.05, 4.69) is 29.9 Å². The van der Waals surface area contributed by atoms with Gasteiger partial charge in [-0.2, -0.15) is 4.36 Å². The second-order valence-corrected chi connectivity index (χ2v) is 4.29. The Morgan fingerprint density at radius 3 is 2.40 bits per heavy atom. The van der Waals surface area contributed by atoms with Gasteiger partial charge in [-0.3, -0.25) is 0 Å². The zero-order chi connectivity index (χ0) is 7.78. The highest BCUT2D eigenvalue weighted by molar-refractivity contribution is 7.73. The Morgan fingerprint density at radius 2 is 2.20 bits per heavy atom. The van der Waals surface area contributed by atoms with Gasteiger partial charge >= 0.3 is 0 Å². The molecular formula is C6H12N2OS. The molecule has 1 unspecified atom stereocenters. The number of rotatable bonds is 0. The Labute approximate surface area is 62.9 Å². The average molecular weight is 160 g/mol. The molecule has 0 saturated carbocycles. The fourth-order valence-corrected chi connectivity index (χ4v) is 1.51. The predicted octanol–water partition coefficient (Wildman–Crippen LogP) is 1.06. The molecule has 1 atom stereocenters. The minimum Gasteiger partial charge on any atom is -0.303 e. The first-order valence-electron chi connectivity index (χ1n) is 3.15. The smallest absolute Gasteiger partial charge is 0.122 e. The molecule has 1 aliphatic heterocycles. The van der Waals surface area contributed by atoms with Gasteiger partial charge in [-0.05, 0) is 0 Å². The Hall–Kier alpha value is -0.510. The normalized spacial score (nSPS) is 25.1. The standard InChI is InChI=1S/C6H12N2OS/c1-6(2,3)5-4-7-10(9)8-5/h4,10H,1-3H3,(H,7,8,9). The van der Waals surface area contributed by atoms with E-state index in [9.17, 15) is 4.21 Å². The summed E-state index contributed by atoms with van der Waals surface area (Å²) in [5, 5.41) is 0. The van der Waals surface area contributed by atoms with Crippen LogP contribution < -0.4 is 4.72 Å². The van der Waals surface area contributed by atoms with Gasteiger partial charge in [0.25, 0.3) is 0 Å². The maximum atomic E-state index is 10.7. The van der Waals surface area contributed by atoms with Crippen LogP contribution in [0.25, 0.3) is 0 Å². The summed E-state index contributed by atoms with van der Waals surface area (Å²) in [6.45, 7) is 6.15. The summed E-state index contributed by atoms with van der Waals surface area (Å²) in [4.78, 5) is 0. The molecule has 3 nitrogen and oxygen atoms in total. The molecule has 0 saturated heterocycles. The Morgan fingerprint density at radius 1 is 1.60 bits per heavy atom. The number of hydrogen-bond donors (Lipinski definition) is 2. The summed E-state index contributed by atoms with van der Waals surface area (Å²) in [5.74, 6) is 0. The van der Waals surface area contributed by atoms with E-state index in [-0.39, 0.29) is 5.41 Å². The van der Waals surface area contributed by atoms with Crippen LogP contribution in [0.15, 0.2) is 16.3 Å². The highest BCUT2D eigenvalue weighted by atomic mass is 32.2. The average Bonchev–Trinajstić information content (AvgIpc) is 2.11. The highest BCUT2D eigenvalue weighted by Crippen LogP contribution is 2.24. The predicted molar refractivity (Wildman–Crippen MR) is 42.6 cm³/mol. The molecular weight excluding hydrogens is 148 g/mol. The molecule has 0 spiro atoms. The first-order chi connectivity index (χ1) is 4.50. The van der Waals surface area contributed by atoms with Gasteiger partial charge in [0.15, 0.2) is 0 Å². The van der Waals surface area contributed by atoms with E-state index in [1.807, 2.05) is 0 Å². The molecule has 0 fully saturated rings. The van der Waals surface area contributed by atoms with Gasteiger partial charge in [0.2, 0.25) is 0 Å². The molecule has 0 aromatic heterocycles. The second kappa shape index (κ2) is 2.27. The molecule has 10 heavy (non-hydrogen) atoms. The van der Waals surface area contributed by atoms with Crippen LogP contribution in [-0.2, 0) is 10.8 Å². The molecule has 0 aliphatic carbocycles. The lowest BCUT2D eigenvalue weighted by atomic mass is 9.93. The highest BCUT2D eigenvalue weighted by Gasteiger charge is 2.18. The molecule has 0 bridgehead atoms. The SMILES string of the molecule is CC(C)(C)C1=CN=[SH](=O)N1. The van der Waals surface area contributed by atoms with Crippen LogP contribution in [0.4, 0.5) is 0 Å². The fraction of sp³-hybridized carbons (Fsp3) is 0.667. The summed E-state index contributed by atoms with van der Waals surface area (Å²) >= 11 is 0. The van der Waals surface area contributed by atoms with Gasteiger partial charge < -0.3 is 4.72 Å². The van der Waals surface area contributed by atoms with Crippen molar-refractivity contribution in [3.05, 3.63) is 11.9 Å². The monoisotopic (exact) mass is 160 g/mol. The van der Waals surface area contributed by atoms with E-state index in [4.69, 9.17) is 0 Å². The van der Waals surface area contributed by atoms with Crippen molar-refractivity contribution in [2.24, 2.45) is 9.78 Å². The molecule has 58 valence electrons. The van der Waals surface area contributed by atoms with Gasteiger partial charge in [-0.25, -0.2) is 4.21 Å². The van der Waals surface area contributed by atoms with Gasteiger partial charge in [-0.1, -0.05) is 20.8 Å². The van der Waals surface area contributed by atoms with Gasteiger partial charge in [-0.15, -0.1) is 0 Å². The quantitative estimate of drug-likeness (QED) is 0.511. The van der Waals surface area contributed by atoms with E-state index < -0.39 is 10.8 Å². The van der Waals surface area contributed by atoms with Crippen LogP contribution in [0.5, 0.6) is 0 Å². The van der Waals surface area contributed by atoms with E-state index in [0.29, 0.717) is 0 Å². The number of hydrogen-bond acceptors (Lipinski definition) is 2. The minimum absolute atomic E-state index is 0.0327.